The number of hydrogen-bond acceptors (Lipinski definition) is 10. The lowest BCUT2D eigenvalue weighted by atomic mass is 9.85. The Hall–Kier alpha value is -2.19. The van der Waals surface area contributed by atoms with Crippen molar-refractivity contribution in [2.45, 2.75) is 110 Å². The number of methoxy groups -OCH3 is 1. The summed E-state index contributed by atoms with van der Waals surface area (Å²) in [6.45, 7) is 14.3. The number of fused-ring (bicyclic) bond motifs is 4. The molecule has 1 aromatic carbocycles. The second-order valence-corrected chi connectivity index (χ2v) is 17.1. The predicted molar refractivity (Wildman–Crippen MR) is 186 cm³/mol. The fraction of sp³-hybridized carbons (Fsp3) is 0.714. The predicted octanol–water partition coefficient (Wildman–Crippen LogP) is 4.23. The summed E-state index contributed by atoms with van der Waals surface area (Å²) in [7, 11) is 0.119. The number of aromatic nitrogens is 2. The second kappa shape index (κ2) is 15.6. The Bertz CT molecular complexity index is 1400. The summed E-state index contributed by atoms with van der Waals surface area (Å²) in [6, 6.07) is 6.35. The monoisotopic (exact) mass is 671 g/mol. The quantitative estimate of drug-likeness (QED) is 0.376. The molecule has 0 radical (unpaired) electrons. The van der Waals surface area contributed by atoms with Crippen LogP contribution in [-0.4, -0.2) is 87.6 Å². The normalized spacial score (nSPS) is 28.9. The first-order valence-corrected chi connectivity index (χ1v) is 18.8. The van der Waals surface area contributed by atoms with Gasteiger partial charge in [0.15, 0.2) is 0 Å². The third kappa shape index (κ3) is 9.71. The van der Waals surface area contributed by atoms with Crippen LogP contribution in [0.2, 0.25) is 0 Å². The van der Waals surface area contributed by atoms with Crippen LogP contribution in [0, 0.1) is 25.2 Å². The van der Waals surface area contributed by atoms with Crippen molar-refractivity contribution in [3.05, 3.63) is 53.1 Å². The number of hydrogen-bond donors (Lipinski definition) is 3. The fourth-order valence-electron chi connectivity index (χ4n) is 7.57. The molecule has 3 heterocycles. The Morgan fingerprint density at radius 2 is 1.81 bits per heavy atom. The Labute approximate surface area is 282 Å². The molecule has 2 saturated heterocycles. The zero-order chi connectivity index (χ0) is 33.8. The van der Waals surface area contributed by atoms with E-state index >= 15 is 0 Å². The van der Waals surface area contributed by atoms with Gasteiger partial charge in [-0.05, 0) is 67.6 Å². The van der Waals surface area contributed by atoms with Crippen molar-refractivity contribution in [3.63, 3.8) is 0 Å². The van der Waals surface area contributed by atoms with Crippen LogP contribution in [-0.2, 0) is 26.0 Å². The minimum Gasteiger partial charge on any atom is -0.383 e. The number of rotatable bonds is 8. The molecule has 1 aliphatic carbocycles. The maximum absolute atomic E-state index is 13.9. The Morgan fingerprint density at radius 3 is 2.49 bits per heavy atom. The number of likely N-dealkylation sites (N-methyl/N-ethyl adjacent to an activating group) is 1. The molecule has 11 nitrogen and oxygen atoms in total. The van der Waals surface area contributed by atoms with Crippen LogP contribution in [0.25, 0.3) is 0 Å². The molecule has 6 atom stereocenters. The summed E-state index contributed by atoms with van der Waals surface area (Å²) < 4.78 is 42.8. The van der Waals surface area contributed by atoms with Gasteiger partial charge in [0, 0.05) is 45.8 Å². The molecule has 5 rings (SSSR count). The average Bonchev–Trinajstić information content (AvgIpc) is 3.01. The first-order valence-electron chi connectivity index (χ1n) is 17.3. The first-order chi connectivity index (χ1) is 22.3. The number of sulfonamides is 1. The summed E-state index contributed by atoms with van der Waals surface area (Å²) in [5.74, 6) is 1.00. The van der Waals surface area contributed by atoms with Gasteiger partial charge in [-0.1, -0.05) is 45.4 Å². The van der Waals surface area contributed by atoms with E-state index in [0.717, 1.165) is 43.9 Å². The van der Waals surface area contributed by atoms with Crippen molar-refractivity contribution in [2.24, 2.45) is 11.3 Å². The number of benzene rings is 1. The number of aryl methyl sites for hydroxylation is 2. The van der Waals surface area contributed by atoms with Gasteiger partial charge in [0.1, 0.15) is 18.3 Å². The summed E-state index contributed by atoms with van der Waals surface area (Å²) in [5.41, 5.74) is 4.58. The van der Waals surface area contributed by atoms with Crippen molar-refractivity contribution >= 4 is 15.7 Å². The molecular weight excluding hydrogens is 614 g/mol. The molecule has 0 amide bonds. The molecule has 2 aliphatic heterocycles. The van der Waals surface area contributed by atoms with Crippen LogP contribution in [0.4, 0.5) is 5.69 Å². The molecule has 2 aromatic rings. The number of ether oxygens (including phenoxy) is 2. The summed E-state index contributed by atoms with van der Waals surface area (Å²) in [5, 5.41) is 6.60. The molecular formula is C35H57N7O4S. The van der Waals surface area contributed by atoms with E-state index in [1.807, 2.05) is 19.4 Å². The minimum atomic E-state index is -3.60. The molecule has 1 aromatic heterocycles. The number of nitrogens with one attached hydrogen (secondary N) is 3. The van der Waals surface area contributed by atoms with Gasteiger partial charge in [-0.25, -0.2) is 18.4 Å². The maximum Gasteiger partial charge on any atom is 0.216 e. The molecule has 0 spiro atoms. The van der Waals surface area contributed by atoms with Crippen LogP contribution in [0.3, 0.4) is 0 Å². The van der Waals surface area contributed by atoms with Gasteiger partial charge in [-0.15, -0.1) is 0 Å². The van der Waals surface area contributed by atoms with Crippen molar-refractivity contribution in [1.29, 1.82) is 0 Å². The van der Waals surface area contributed by atoms with Gasteiger partial charge < -0.3 is 14.4 Å². The number of anilines is 1. The molecule has 12 heteroatoms. The van der Waals surface area contributed by atoms with Gasteiger partial charge >= 0.3 is 0 Å². The SMILES string of the molecule is COCCN(C)c1cnc(CN2CC3CCCC(C3)S(=O)(=O)NC3NC(CC(c4c(C)cccc4C)N3)OC[C@H]2CC(C)(C)C)nc1. The van der Waals surface area contributed by atoms with Crippen molar-refractivity contribution in [1.82, 2.24) is 30.2 Å². The molecule has 4 bridgehead atoms. The van der Waals surface area contributed by atoms with E-state index in [4.69, 9.17) is 19.4 Å². The van der Waals surface area contributed by atoms with Crippen LogP contribution >= 0.6 is 0 Å². The third-order valence-electron chi connectivity index (χ3n) is 9.97. The lowest BCUT2D eigenvalue weighted by Crippen LogP contribution is -2.64. The van der Waals surface area contributed by atoms with Crippen LogP contribution in [0.1, 0.15) is 87.9 Å². The highest BCUT2D eigenvalue weighted by atomic mass is 32.2. The molecule has 1 saturated carbocycles. The van der Waals surface area contributed by atoms with E-state index in [1.165, 1.54) is 16.7 Å². The topological polar surface area (TPSA) is 121 Å². The highest BCUT2D eigenvalue weighted by Crippen LogP contribution is 2.34. The molecule has 262 valence electrons. The van der Waals surface area contributed by atoms with E-state index in [1.54, 1.807) is 7.11 Å². The van der Waals surface area contributed by atoms with Crippen LogP contribution < -0.4 is 20.3 Å². The van der Waals surface area contributed by atoms with Crippen molar-refractivity contribution in [2.75, 3.05) is 45.4 Å². The Kier molecular flexibility index (Phi) is 12.0. The van der Waals surface area contributed by atoms with E-state index in [-0.39, 0.29) is 29.6 Å². The Morgan fingerprint density at radius 1 is 1.09 bits per heavy atom. The standard InChI is InChI=1S/C35H57N7O4S/c1-24-10-8-11-25(2)33(24)30-17-32-39-34(38-30)40-47(43,44)29-13-9-12-26(16-29)21-42(27(23-46-32)18-35(3,4)5)22-31-36-19-28(20-37-31)41(6)14-15-45-7/h8,10-11,19-20,26-27,29-30,32,34,38-40H,9,12-18,21-23H2,1-7H3/t26?,27-,29?,30?,32?,34?/m1/s1. The van der Waals surface area contributed by atoms with Gasteiger partial charge in [-0.2, -0.15) is 4.72 Å². The zero-order valence-corrected chi connectivity index (χ0v) is 30.3. The molecule has 5 unspecified atom stereocenters. The lowest BCUT2D eigenvalue weighted by Gasteiger charge is -2.40. The minimum absolute atomic E-state index is 0.0554. The first kappa shape index (κ1) is 36.1. The highest BCUT2D eigenvalue weighted by molar-refractivity contribution is 7.90. The molecule has 3 aliphatic rings. The van der Waals surface area contributed by atoms with E-state index in [9.17, 15) is 8.42 Å². The van der Waals surface area contributed by atoms with Crippen LogP contribution in [0.5, 0.6) is 0 Å². The molecule has 3 fully saturated rings. The van der Waals surface area contributed by atoms with Gasteiger partial charge in [0.05, 0.1) is 43.1 Å². The van der Waals surface area contributed by atoms with E-state index < -0.39 is 21.6 Å². The largest absolute Gasteiger partial charge is 0.383 e. The van der Waals surface area contributed by atoms with Crippen molar-refractivity contribution in [3.8, 4) is 0 Å². The van der Waals surface area contributed by atoms with Crippen molar-refractivity contribution < 1.29 is 17.9 Å². The van der Waals surface area contributed by atoms with Gasteiger partial charge in [0.2, 0.25) is 10.0 Å². The maximum atomic E-state index is 13.9. The van der Waals surface area contributed by atoms with E-state index in [0.29, 0.717) is 39.0 Å². The van der Waals surface area contributed by atoms with Gasteiger partial charge in [0.25, 0.3) is 0 Å². The second-order valence-electron chi connectivity index (χ2n) is 15.1. The Balaban J connectivity index is 1.46. The highest BCUT2D eigenvalue weighted by Gasteiger charge is 2.39. The third-order valence-corrected chi connectivity index (χ3v) is 11.8. The number of nitrogens with zero attached hydrogens (tertiary/aromatic N) is 4. The van der Waals surface area contributed by atoms with Gasteiger partial charge in [-0.3, -0.25) is 15.5 Å². The zero-order valence-electron chi connectivity index (χ0n) is 29.5. The summed E-state index contributed by atoms with van der Waals surface area (Å²) >= 11 is 0. The smallest absolute Gasteiger partial charge is 0.216 e. The fourth-order valence-corrected chi connectivity index (χ4v) is 9.22. The average molecular weight is 672 g/mol. The summed E-state index contributed by atoms with van der Waals surface area (Å²) in [6.07, 6.45) is 7.61. The summed E-state index contributed by atoms with van der Waals surface area (Å²) in [4.78, 5) is 14.1. The molecule has 3 N–H and O–H groups in total. The molecule has 47 heavy (non-hydrogen) atoms. The van der Waals surface area contributed by atoms with E-state index in [2.05, 4.69) is 78.0 Å². The van der Waals surface area contributed by atoms with Crippen LogP contribution in [0.15, 0.2) is 30.6 Å². The lowest BCUT2D eigenvalue weighted by molar-refractivity contribution is -0.0518.